The number of halogens is 3. The number of hydrogen-bond acceptors (Lipinski definition) is 4. The van der Waals surface area contributed by atoms with Gasteiger partial charge in [-0.1, -0.05) is 30.3 Å². The van der Waals surface area contributed by atoms with Crippen LogP contribution in [-0.2, 0) is 11.3 Å². The molecular formula is C19H16F3N3O4. The fourth-order valence-corrected chi connectivity index (χ4v) is 2.81. The van der Waals surface area contributed by atoms with Gasteiger partial charge >= 0.3 is 12.2 Å². The van der Waals surface area contributed by atoms with Crippen LogP contribution in [0.5, 0.6) is 5.75 Å². The first-order valence-electron chi connectivity index (χ1n) is 8.39. The lowest BCUT2D eigenvalue weighted by atomic mass is 10.1. The van der Waals surface area contributed by atoms with Gasteiger partial charge in [-0.3, -0.25) is 19.8 Å². The molecule has 2 aromatic carbocycles. The highest BCUT2D eigenvalue weighted by atomic mass is 19.4. The third-order valence-electron chi connectivity index (χ3n) is 4.37. The van der Waals surface area contributed by atoms with Crippen LogP contribution >= 0.6 is 0 Å². The van der Waals surface area contributed by atoms with E-state index in [4.69, 9.17) is 4.74 Å². The van der Waals surface area contributed by atoms with Crippen molar-refractivity contribution in [2.45, 2.75) is 18.4 Å². The highest BCUT2D eigenvalue weighted by Gasteiger charge is 2.68. The Labute approximate surface area is 163 Å². The van der Waals surface area contributed by atoms with Gasteiger partial charge in [0.25, 0.3) is 17.5 Å². The largest absolute Gasteiger partial charge is 0.497 e. The second-order valence-electron chi connectivity index (χ2n) is 6.24. The van der Waals surface area contributed by atoms with Crippen LogP contribution < -0.4 is 15.4 Å². The molecule has 1 fully saturated rings. The van der Waals surface area contributed by atoms with E-state index >= 15 is 0 Å². The molecule has 1 aliphatic rings. The Morgan fingerprint density at radius 1 is 1.10 bits per heavy atom. The lowest BCUT2D eigenvalue weighted by Crippen LogP contribution is -2.69. The summed E-state index contributed by atoms with van der Waals surface area (Å²) in [7, 11) is 1.44. The number of ether oxygens (including phenoxy) is 1. The molecule has 10 heteroatoms. The Morgan fingerprint density at radius 3 is 2.28 bits per heavy atom. The van der Waals surface area contributed by atoms with Crippen molar-refractivity contribution < 1.29 is 32.3 Å². The standard InChI is InChI=1S/C19H16F3N3O4/c1-29-14-9-7-12(8-10-14)11-25-16(27)18(19(20,21)22,24-17(25)28)23-15(26)13-5-3-2-4-6-13/h2-10H,11H2,1H3,(H,23,26)(H,24,28). The van der Waals surface area contributed by atoms with Gasteiger partial charge in [0.2, 0.25) is 0 Å². The molecule has 0 radical (unpaired) electrons. The number of benzene rings is 2. The second-order valence-corrected chi connectivity index (χ2v) is 6.24. The van der Waals surface area contributed by atoms with Gasteiger partial charge in [0, 0.05) is 5.56 Å². The maximum absolute atomic E-state index is 13.8. The number of imide groups is 1. The van der Waals surface area contributed by atoms with E-state index in [1.807, 2.05) is 0 Å². The molecule has 152 valence electrons. The molecular weight excluding hydrogens is 391 g/mol. The van der Waals surface area contributed by atoms with Gasteiger partial charge in [-0.2, -0.15) is 13.2 Å². The number of nitrogens with zero attached hydrogens (tertiary/aromatic N) is 1. The van der Waals surface area contributed by atoms with E-state index in [0.717, 1.165) is 0 Å². The number of carbonyl (C=O) groups excluding carboxylic acids is 3. The second kappa shape index (κ2) is 7.46. The van der Waals surface area contributed by atoms with Crippen LogP contribution in [0.4, 0.5) is 18.0 Å². The molecule has 0 spiro atoms. The third-order valence-corrected chi connectivity index (χ3v) is 4.37. The highest BCUT2D eigenvalue weighted by molar-refractivity contribution is 6.10. The maximum atomic E-state index is 13.8. The van der Waals surface area contributed by atoms with Gasteiger partial charge in [-0.25, -0.2) is 4.79 Å². The van der Waals surface area contributed by atoms with E-state index in [9.17, 15) is 27.6 Å². The van der Waals surface area contributed by atoms with Crippen LogP contribution in [0, 0.1) is 0 Å². The number of urea groups is 1. The molecule has 1 unspecified atom stereocenters. The zero-order valence-electron chi connectivity index (χ0n) is 15.1. The minimum absolute atomic E-state index is 0.0909. The molecule has 1 saturated heterocycles. The van der Waals surface area contributed by atoms with Crippen molar-refractivity contribution in [2.24, 2.45) is 0 Å². The lowest BCUT2D eigenvalue weighted by Gasteiger charge is -2.29. The van der Waals surface area contributed by atoms with Crippen molar-refractivity contribution in [2.75, 3.05) is 7.11 Å². The van der Waals surface area contributed by atoms with Crippen molar-refractivity contribution in [1.82, 2.24) is 15.5 Å². The molecule has 1 heterocycles. The number of rotatable bonds is 5. The Morgan fingerprint density at radius 2 is 1.72 bits per heavy atom. The van der Waals surface area contributed by atoms with Crippen LogP contribution in [0.25, 0.3) is 0 Å². The van der Waals surface area contributed by atoms with E-state index in [-0.39, 0.29) is 5.56 Å². The zero-order valence-corrected chi connectivity index (χ0v) is 15.1. The van der Waals surface area contributed by atoms with Gasteiger partial charge in [-0.15, -0.1) is 0 Å². The fraction of sp³-hybridized carbons (Fsp3) is 0.211. The molecule has 0 saturated carbocycles. The van der Waals surface area contributed by atoms with Gasteiger partial charge in [0.1, 0.15) is 5.75 Å². The van der Waals surface area contributed by atoms with E-state index in [1.165, 1.54) is 43.5 Å². The molecule has 0 bridgehead atoms. The number of nitrogens with one attached hydrogen (secondary N) is 2. The van der Waals surface area contributed by atoms with Crippen LogP contribution in [0.1, 0.15) is 15.9 Å². The molecule has 29 heavy (non-hydrogen) atoms. The third kappa shape index (κ3) is 3.73. The summed E-state index contributed by atoms with van der Waals surface area (Å²) in [5.74, 6) is -2.26. The summed E-state index contributed by atoms with van der Waals surface area (Å²) in [6, 6.07) is 11.9. The minimum atomic E-state index is -5.27. The Bertz CT molecular complexity index is 932. The van der Waals surface area contributed by atoms with Crippen LogP contribution in [0.2, 0.25) is 0 Å². The van der Waals surface area contributed by atoms with E-state index in [2.05, 4.69) is 0 Å². The number of hydrogen-bond donors (Lipinski definition) is 2. The Hall–Kier alpha value is -3.56. The predicted octanol–water partition coefficient (Wildman–Crippen LogP) is 2.44. The first-order chi connectivity index (χ1) is 13.7. The Kier molecular flexibility index (Phi) is 5.19. The predicted molar refractivity (Wildman–Crippen MR) is 94.8 cm³/mol. The molecule has 1 aliphatic heterocycles. The van der Waals surface area contributed by atoms with Crippen molar-refractivity contribution in [3.05, 3.63) is 65.7 Å². The SMILES string of the molecule is COc1ccc(CN2C(=O)NC(NC(=O)c3ccccc3)(C(F)(F)F)C2=O)cc1. The monoisotopic (exact) mass is 407 g/mol. The fourth-order valence-electron chi connectivity index (χ4n) is 2.81. The van der Waals surface area contributed by atoms with E-state index in [1.54, 1.807) is 28.8 Å². The van der Waals surface area contributed by atoms with Crippen LogP contribution in [0.3, 0.4) is 0 Å². The summed E-state index contributed by atoms with van der Waals surface area (Å²) in [5, 5.41) is 3.26. The summed E-state index contributed by atoms with van der Waals surface area (Å²) >= 11 is 0. The number of methoxy groups -OCH3 is 1. The average molecular weight is 407 g/mol. The first-order valence-corrected chi connectivity index (χ1v) is 8.39. The normalized spacial score (nSPS) is 19.1. The summed E-state index contributed by atoms with van der Waals surface area (Å²) in [6.07, 6.45) is -5.27. The quantitative estimate of drug-likeness (QED) is 0.746. The van der Waals surface area contributed by atoms with Crippen molar-refractivity contribution in [3.8, 4) is 5.75 Å². The molecule has 0 aliphatic carbocycles. The number of amides is 4. The van der Waals surface area contributed by atoms with Crippen molar-refractivity contribution >= 4 is 17.8 Å². The molecule has 0 aromatic heterocycles. The molecule has 2 N–H and O–H groups in total. The van der Waals surface area contributed by atoms with Crippen molar-refractivity contribution in [1.29, 1.82) is 0 Å². The average Bonchev–Trinajstić information content (AvgIpc) is 2.94. The van der Waals surface area contributed by atoms with Gasteiger partial charge in [0.15, 0.2) is 0 Å². The molecule has 4 amide bonds. The molecule has 3 rings (SSSR count). The number of carbonyl (C=O) groups is 3. The van der Waals surface area contributed by atoms with Crippen LogP contribution in [-0.4, -0.2) is 41.7 Å². The highest BCUT2D eigenvalue weighted by Crippen LogP contribution is 2.34. The van der Waals surface area contributed by atoms with Gasteiger partial charge < -0.3 is 10.1 Å². The van der Waals surface area contributed by atoms with E-state index in [0.29, 0.717) is 16.2 Å². The zero-order chi connectivity index (χ0) is 21.2. The topological polar surface area (TPSA) is 87.7 Å². The van der Waals surface area contributed by atoms with Crippen LogP contribution in [0.15, 0.2) is 54.6 Å². The number of alkyl halides is 3. The smallest absolute Gasteiger partial charge is 0.440 e. The summed E-state index contributed by atoms with van der Waals surface area (Å²) < 4.78 is 46.5. The van der Waals surface area contributed by atoms with Gasteiger partial charge in [0.05, 0.1) is 13.7 Å². The molecule has 1 atom stereocenters. The summed E-state index contributed by atoms with van der Waals surface area (Å²) in [4.78, 5) is 37.6. The summed E-state index contributed by atoms with van der Waals surface area (Å²) in [6.45, 7) is -0.409. The van der Waals surface area contributed by atoms with Gasteiger partial charge in [-0.05, 0) is 29.8 Å². The van der Waals surface area contributed by atoms with E-state index < -0.39 is 36.2 Å². The van der Waals surface area contributed by atoms with Crippen molar-refractivity contribution in [3.63, 3.8) is 0 Å². The Balaban J connectivity index is 1.89. The lowest BCUT2D eigenvalue weighted by molar-refractivity contribution is -0.200. The molecule has 2 aromatic rings. The minimum Gasteiger partial charge on any atom is -0.497 e. The summed E-state index contributed by atoms with van der Waals surface area (Å²) in [5.41, 5.74) is -3.24. The molecule has 7 nitrogen and oxygen atoms in total. The maximum Gasteiger partial charge on any atom is 0.440 e. The first kappa shape index (κ1) is 20.2.